The van der Waals surface area contributed by atoms with E-state index in [2.05, 4.69) is 48.5 Å². The Hall–Kier alpha value is -0.930. The number of hydrogen-bond donors (Lipinski definition) is 3. The zero-order chi connectivity index (χ0) is 43.1. The molecule has 2 aliphatic carbocycles. The molecule has 23 atom stereocenters. The van der Waals surface area contributed by atoms with Crippen LogP contribution in [0.15, 0.2) is 0 Å². The van der Waals surface area contributed by atoms with Crippen molar-refractivity contribution in [2.75, 3.05) is 28.4 Å². The highest BCUT2D eigenvalue weighted by atomic mass is 16.7. The summed E-state index contributed by atoms with van der Waals surface area (Å²) >= 11 is 0. The monoisotopic (exact) mass is 825 g/mol. The average molecular weight is 825 g/mol. The lowest BCUT2D eigenvalue weighted by Gasteiger charge is -2.55. The summed E-state index contributed by atoms with van der Waals surface area (Å²) in [4.78, 5) is 12.2. The topological polar surface area (TPSA) is 152 Å². The second kappa shape index (κ2) is 16.6. The minimum absolute atomic E-state index is 0.0196. The first-order valence-electron chi connectivity index (χ1n) is 22.5. The van der Waals surface area contributed by atoms with Crippen molar-refractivity contribution in [2.45, 2.75) is 192 Å². The Balaban J connectivity index is 1.19. The van der Waals surface area contributed by atoms with Gasteiger partial charge in [0.1, 0.15) is 5.92 Å². The third-order valence-electron chi connectivity index (χ3n) is 17.8. The summed E-state index contributed by atoms with van der Waals surface area (Å²) in [6, 6.07) is 0. The van der Waals surface area contributed by atoms with Gasteiger partial charge in [0, 0.05) is 70.9 Å². The zero-order valence-electron chi connectivity index (χ0n) is 38.4. The fraction of sp³-hybridized carbons (Fsp3) is 0.978. The Morgan fingerprint density at radius 3 is 1.86 bits per heavy atom. The molecule has 4 saturated heterocycles. The fourth-order valence-corrected chi connectivity index (χ4v) is 13.9. The van der Waals surface area contributed by atoms with Crippen molar-refractivity contribution in [1.82, 2.24) is 0 Å². The molecule has 0 aromatic heterocycles. The predicted molar refractivity (Wildman–Crippen MR) is 218 cm³/mol. The van der Waals surface area contributed by atoms with Gasteiger partial charge in [-0.05, 0) is 89.4 Å². The lowest BCUT2D eigenvalue weighted by Crippen LogP contribution is -2.65. The third-order valence-corrected chi connectivity index (χ3v) is 17.8. The molecule has 0 radical (unpaired) electrons. The Labute approximate surface area is 349 Å². The number of carbonyl (C=O) groups is 1. The first kappa shape index (κ1) is 46.6. The molecule has 0 aromatic rings. The smallest absolute Gasteiger partial charge is 0.311 e. The van der Waals surface area contributed by atoms with Crippen LogP contribution in [-0.4, -0.2) is 121 Å². The van der Waals surface area contributed by atoms with E-state index in [9.17, 15) is 20.1 Å². The lowest BCUT2D eigenvalue weighted by atomic mass is 9.61. The molecule has 0 amide bonds. The molecular formula is C46H80O12. The Bertz CT molecular complexity index is 1440. The molecule has 1 spiro atoms. The van der Waals surface area contributed by atoms with Gasteiger partial charge in [0.25, 0.3) is 0 Å². The van der Waals surface area contributed by atoms with E-state index in [-0.39, 0.29) is 83.5 Å². The second-order valence-corrected chi connectivity index (χ2v) is 20.9. The highest BCUT2D eigenvalue weighted by Crippen LogP contribution is 2.59. The van der Waals surface area contributed by atoms with E-state index in [1.165, 1.54) is 6.92 Å². The Morgan fingerprint density at radius 2 is 1.28 bits per heavy atom. The Kier molecular flexibility index (Phi) is 13.4. The van der Waals surface area contributed by atoms with Gasteiger partial charge >= 0.3 is 5.97 Å². The third kappa shape index (κ3) is 7.65. The fourth-order valence-electron chi connectivity index (χ4n) is 13.9. The van der Waals surface area contributed by atoms with Gasteiger partial charge in [-0.25, -0.2) is 0 Å². The van der Waals surface area contributed by atoms with Gasteiger partial charge in [-0.2, -0.15) is 0 Å². The van der Waals surface area contributed by atoms with Crippen molar-refractivity contribution in [1.29, 1.82) is 0 Å². The van der Waals surface area contributed by atoms with E-state index < -0.39 is 52.8 Å². The molecule has 6 rings (SSSR count). The minimum atomic E-state index is -1.93. The van der Waals surface area contributed by atoms with Crippen molar-refractivity contribution in [3.63, 3.8) is 0 Å². The van der Waals surface area contributed by atoms with E-state index >= 15 is 0 Å². The number of aliphatic carboxylic acids is 1. The van der Waals surface area contributed by atoms with E-state index in [0.29, 0.717) is 18.8 Å². The van der Waals surface area contributed by atoms with E-state index in [0.717, 1.165) is 32.1 Å². The molecular weight excluding hydrogens is 744 g/mol. The van der Waals surface area contributed by atoms with Gasteiger partial charge in [0.15, 0.2) is 11.6 Å². The van der Waals surface area contributed by atoms with Crippen LogP contribution < -0.4 is 0 Å². The van der Waals surface area contributed by atoms with Crippen LogP contribution in [0.3, 0.4) is 0 Å². The predicted octanol–water partition coefficient (Wildman–Crippen LogP) is 6.71. The van der Waals surface area contributed by atoms with Gasteiger partial charge in [0.05, 0.1) is 59.5 Å². The van der Waals surface area contributed by atoms with Crippen LogP contribution >= 0.6 is 0 Å². The number of aliphatic hydroxyl groups is 2. The molecule has 0 bridgehead atoms. The summed E-state index contributed by atoms with van der Waals surface area (Å²) in [5.74, 6) is -4.72. The van der Waals surface area contributed by atoms with Gasteiger partial charge < -0.3 is 53.2 Å². The van der Waals surface area contributed by atoms with Crippen LogP contribution in [0, 0.1) is 65.1 Å². The van der Waals surface area contributed by atoms with Crippen LogP contribution in [0.5, 0.6) is 0 Å². The maximum atomic E-state index is 12.2. The summed E-state index contributed by atoms with van der Waals surface area (Å²) in [5, 5.41) is 33.4. The number of carboxylic acid groups (broad SMARTS) is 1. The van der Waals surface area contributed by atoms with E-state index in [4.69, 9.17) is 37.9 Å². The molecule has 12 nitrogen and oxygen atoms in total. The summed E-state index contributed by atoms with van der Waals surface area (Å²) in [7, 11) is 6.96. The molecule has 336 valence electrons. The summed E-state index contributed by atoms with van der Waals surface area (Å²) in [6.07, 6.45) is 3.93. The summed E-state index contributed by atoms with van der Waals surface area (Å²) in [6.45, 7) is 22.7. The van der Waals surface area contributed by atoms with Crippen LogP contribution in [0.4, 0.5) is 0 Å². The molecule has 4 aliphatic heterocycles. The van der Waals surface area contributed by atoms with E-state index in [1.54, 1.807) is 28.3 Å². The molecule has 2 saturated carbocycles. The zero-order valence-corrected chi connectivity index (χ0v) is 38.4. The number of hydrogen-bond acceptors (Lipinski definition) is 11. The van der Waals surface area contributed by atoms with E-state index in [1.807, 2.05) is 21.0 Å². The normalized spacial score (nSPS) is 54.8. The molecule has 4 heterocycles. The standard InChI is InChI=1S/C46H80O12/c1-23-32(21-42(9,49)28(6)38(23)52-13)31-20-33(24(2)40(31)54-15)43(10)17-16-35(55-43)44(11)18-19-45(58-44)22-34(51-12)25(3)36(56-45)26(4)37-27(5)39(53-14)29(7)46(50,57-37)30(8)41(47)48/h23-40,49-50H,16-22H2,1-15H3,(H,47,48)/t23-,24-,25-,26-,27+,28-,29-,30-,31?,32?,33?,34+,35?,36+,37-,38+,39+,40-,42+,43+,44+,45-,46-/m1/s1. The summed E-state index contributed by atoms with van der Waals surface area (Å²) < 4.78 is 52.7. The second-order valence-electron chi connectivity index (χ2n) is 20.9. The number of ether oxygens (including phenoxy) is 8. The SMILES string of the molecule is CO[C@H]1[C@@H](C)[C@@H]([C@H](C)[C@H]2O[C@@]3(CC[C@@](C)(C4CC[C@@](C)(C5CC(C6C[C@](C)(O)[C@H](C)[C@@H](OC)[C@@H]6C)[C@H](OC)[C@@H]5C)O4)O3)C[C@H](OC)[C@H]2C)O[C@@](O)([C@H](C)C(=O)O)[C@@H]1C. The number of carboxylic acids is 1. The first-order valence-corrected chi connectivity index (χ1v) is 22.5. The van der Waals surface area contributed by atoms with Crippen molar-refractivity contribution in [2.24, 2.45) is 65.1 Å². The van der Waals surface area contributed by atoms with Gasteiger partial charge in [0.2, 0.25) is 0 Å². The van der Waals surface area contributed by atoms with Crippen molar-refractivity contribution < 1.29 is 58.0 Å². The van der Waals surface area contributed by atoms with Gasteiger partial charge in [-0.1, -0.05) is 48.5 Å². The van der Waals surface area contributed by atoms with Crippen molar-refractivity contribution in [3.8, 4) is 0 Å². The molecule has 6 fully saturated rings. The molecule has 12 heteroatoms. The van der Waals surface area contributed by atoms with Crippen LogP contribution in [-0.2, 0) is 42.7 Å². The summed E-state index contributed by atoms with van der Waals surface area (Å²) in [5.41, 5.74) is -1.77. The molecule has 3 N–H and O–H groups in total. The number of rotatable bonds is 11. The van der Waals surface area contributed by atoms with Gasteiger partial charge in [-0.3, -0.25) is 4.79 Å². The number of methoxy groups -OCH3 is 4. The van der Waals surface area contributed by atoms with Crippen molar-refractivity contribution >= 4 is 5.97 Å². The van der Waals surface area contributed by atoms with Crippen molar-refractivity contribution in [3.05, 3.63) is 0 Å². The highest BCUT2D eigenvalue weighted by Gasteiger charge is 2.64. The van der Waals surface area contributed by atoms with Crippen LogP contribution in [0.2, 0.25) is 0 Å². The maximum absolute atomic E-state index is 12.2. The molecule has 6 aliphatic rings. The van der Waals surface area contributed by atoms with Gasteiger partial charge in [-0.15, -0.1) is 0 Å². The van der Waals surface area contributed by atoms with Crippen LogP contribution in [0.1, 0.15) is 121 Å². The molecule has 0 aromatic carbocycles. The molecule has 4 unspecified atom stereocenters. The molecule has 58 heavy (non-hydrogen) atoms. The lowest BCUT2D eigenvalue weighted by molar-refractivity contribution is -0.366. The maximum Gasteiger partial charge on any atom is 0.311 e. The first-order chi connectivity index (χ1) is 27.0. The van der Waals surface area contributed by atoms with Crippen LogP contribution in [0.25, 0.3) is 0 Å². The quantitative estimate of drug-likeness (QED) is 0.203. The Morgan fingerprint density at radius 1 is 0.672 bits per heavy atom. The minimum Gasteiger partial charge on any atom is -0.481 e. The average Bonchev–Trinajstić information content (AvgIpc) is 3.85. The highest BCUT2D eigenvalue weighted by molar-refractivity contribution is 5.70. The largest absolute Gasteiger partial charge is 0.481 e.